The fourth-order valence-electron chi connectivity index (χ4n) is 8.38. The van der Waals surface area contributed by atoms with Gasteiger partial charge in [0.15, 0.2) is 0 Å². The van der Waals surface area contributed by atoms with Crippen LogP contribution in [0.25, 0.3) is 27.6 Å². The average molecular weight is 942 g/mol. The number of allylic oxidation sites excluding steroid dienone is 4. The van der Waals surface area contributed by atoms with Crippen molar-refractivity contribution in [2.75, 3.05) is 9.80 Å². The van der Waals surface area contributed by atoms with Crippen LogP contribution in [0.15, 0.2) is 144 Å². The maximum absolute atomic E-state index is 6.63. The molecule has 2 aromatic heterocycles. The topological polar surface area (TPSA) is 36.8 Å². The number of rotatable bonds is 5. The predicted molar refractivity (Wildman–Crippen MR) is 237 cm³/mol. The number of para-hydroxylation sites is 3. The van der Waals surface area contributed by atoms with Gasteiger partial charge in [-0.2, -0.15) is 12.1 Å². The maximum atomic E-state index is 6.63. The van der Waals surface area contributed by atoms with Crippen molar-refractivity contribution in [1.29, 1.82) is 0 Å². The van der Waals surface area contributed by atoms with Crippen molar-refractivity contribution in [1.82, 2.24) is 14.4 Å². The van der Waals surface area contributed by atoms with Gasteiger partial charge >= 0.3 is 6.85 Å². The molecule has 4 aromatic carbocycles. The minimum absolute atomic E-state index is 0. The number of fused-ring (bicyclic) bond motifs is 5. The van der Waals surface area contributed by atoms with Gasteiger partial charge in [0.1, 0.15) is 5.82 Å². The quantitative estimate of drug-likeness (QED) is 0.127. The van der Waals surface area contributed by atoms with E-state index in [1.807, 2.05) is 24.4 Å². The van der Waals surface area contributed by atoms with Crippen LogP contribution in [0, 0.1) is 29.6 Å². The summed E-state index contributed by atoms with van der Waals surface area (Å²) in [6.07, 6.45) is 8.43. The molecule has 58 heavy (non-hydrogen) atoms. The van der Waals surface area contributed by atoms with Crippen LogP contribution in [0.3, 0.4) is 0 Å². The van der Waals surface area contributed by atoms with E-state index < -0.39 is 0 Å². The first-order valence-corrected chi connectivity index (χ1v) is 19.9. The SMILES string of the molecule is CC(C)(C)C1=CB2C=CC=CN2C(C(C)(C)C)=C1N1[CH-]N(c2[c-]c(Oc3[c-]c4c(cc3)c3ccccc3n4-c3cc(C(C)(C)C)ccn3)ccc2)c2ccccc21.[Pt]. The zero-order valence-electron chi connectivity index (χ0n) is 34.7. The third-order valence-electron chi connectivity index (χ3n) is 11.1. The number of aromatic nitrogens is 2. The van der Waals surface area contributed by atoms with Gasteiger partial charge in [0.05, 0.1) is 0 Å². The third kappa shape index (κ3) is 6.92. The number of benzene rings is 4. The van der Waals surface area contributed by atoms with Gasteiger partial charge in [0.2, 0.25) is 0 Å². The number of hydrogen-bond acceptors (Lipinski definition) is 5. The molecule has 0 aliphatic carbocycles. The van der Waals surface area contributed by atoms with Gasteiger partial charge in [-0.05, 0) is 70.0 Å². The molecule has 0 saturated carbocycles. The second-order valence-electron chi connectivity index (χ2n) is 18.3. The third-order valence-corrected chi connectivity index (χ3v) is 11.1. The monoisotopic (exact) mass is 941 g/mol. The normalized spacial score (nSPS) is 15.6. The molecule has 3 aliphatic rings. The van der Waals surface area contributed by atoms with E-state index in [1.54, 1.807) is 0 Å². The summed E-state index contributed by atoms with van der Waals surface area (Å²) in [5, 5.41) is 2.25. The molecular formula is C50H49BN5OPt-3. The van der Waals surface area contributed by atoms with Crippen LogP contribution < -0.4 is 14.5 Å². The van der Waals surface area contributed by atoms with E-state index in [0.29, 0.717) is 11.5 Å². The molecule has 8 heteroatoms. The van der Waals surface area contributed by atoms with E-state index in [0.717, 1.165) is 44.7 Å². The zero-order valence-corrected chi connectivity index (χ0v) is 37.0. The molecule has 6 nitrogen and oxygen atoms in total. The summed E-state index contributed by atoms with van der Waals surface area (Å²) in [7, 11) is 0. The van der Waals surface area contributed by atoms with Crippen molar-refractivity contribution < 1.29 is 25.8 Å². The Morgan fingerprint density at radius 1 is 0.690 bits per heavy atom. The van der Waals surface area contributed by atoms with E-state index in [2.05, 4.69) is 203 Å². The zero-order chi connectivity index (χ0) is 39.9. The molecule has 9 rings (SSSR count). The van der Waals surface area contributed by atoms with Gasteiger partial charge in [-0.1, -0.05) is 116 Å². The van der Waals surface area contributed by atoms with Crippen molar-refractivity contribution in [2.45, 2.75) is 67.7 Å². The Balaban J connectivity index is 0.00000469. The molecule has 0 atom stereocenters. The number of hydrogen-bond donors (Lipinski definition) is 0. The molecular weight excluding hydrogens is 892 g/mol. The number of anilines is 3. The van der Waals surface area contributed by atoms with E-state index in [9.17, 15) is 0 Å². The van der Waals surface area contributed by atoms with Crippen LogP contribution in [-0.2, 0) is 26.5 Å². The fraction of sp³-hybridized carbons (Fsp3) is 0.240. The van der Waals surface area contributed by atoms with Crippen LogP contribution >= 0.6 is 0 Å². The van der Waals surface area contributed by atoms with E-state index in [-0.39, 0.29) is 44.2 Å². The molecule has 3 aliphatic heterocycles. The first-order chi connectivity index (χ1) is 27.2. The number of nitrogens with zero attached hydrogens (tertiary/aromatic N) is 5. The molecule has 0 fully saturated rings. The summed E-state index contributed by atoms with van der Waals surface area (Å²) in [6.45, 7) is 23.0. The molecule has 296 valence electrons. The summed E-state index contributed by atoms with van der Waals surface area (Å²) in [6, 6.07) is 38.8. The first-order valence-electron chi connectivity index (χ1n) is 19.9. The van der Waals surface area contributed by atoms with Crippen LogP contribution in [-0.4, -0.2) is 21.2 Å². The van der Waals surface area contributed by atoms with Crippen LogP contribution in [0.4, 0.5) is 17.1 Å². The summed E-state index contributed by atoms with van der Waals surface area (Å²) in [5.41, 5.74) is 9.88. The Labute approximate surface area is 358 Å². The fourth-order valence-corrected chi connectivity index (χ4v) is 8.38. The predicted octanol–water partition coefficient (Wildman–Crippen LogP) is 12.6. The van der Waals surface area contributed by atoms with Gasteiger partial charge in [0.25, 0.3) is 0 Å². The van der Waals surface area contributed by atoms with Crippen molar-refractivity contribution >= 4 is 45.7 Å². The standard InChI is InChI=1S/C50H49BN5O.Pt/c1-48(2,3)34-25-27-52-45(29-34)56-41-20-11-10-19-38(41)39-24-23-37(31-44(39)56)57-36-18-16-17-35(30-36)53-33-54(43-22-13-12-21-42(43)53)46-40(49(4,5)6)32-51-26-14-15-28-55(51)47(46)50(7,8)9;/h10-29,32-33H,1-9H3;/q-3;. The Morgan fingerprint density at radius 2 is 1.41 bits per heavy atom. The second-order valence-corrected chi connectivity index (χ2v) is 18.3. The van der Waals surface area contributed by atoms with Gasteiger partial charge in [-0.3, -0.25) is 0 Å². The minimum atomic E-state index is -0.140. The Hall–Kier alpha value is -5.26. The van der Waals surface area contributed by atoms with Crippen LogP contribution in [0.5, 0.6) is 11.5 Å². The average Bonchev–Trinajstić information content (AvgIpc) is 3.72. The summed E-state index contributed by atoms with van der Waals surface area (Å²) in [4.78, 5) is 11.9. The Bertz CT molecular complexity index is 2690. The Kier molecular flexibility index (Phi) is 9.91. The first kappa shape index (κ1) is 39.6. The van der Waals surface area contributed by atoms with Gasteiger partial charge in [0, 0.05) is 72.5 Å². The minimum Gasteiger partial charge on any atom is -0.509 e. The maximum Gasteiger partial charge on any atom is 0.312 e. The number of ether oxygens (including phenoxy) is 1. The summed E-state index contributed by atoms with van der Waals surface area (Å²) in [5.74, 6) is 6.81. The molecule has 0 N–H and O–H groups in total. The van der Waals surface area contributed by atoms with Crippen LogP contribution in [0.1, 0.15) is 67.9 Å². The van der Waals surface area contributed by atoms with Gasteiger partial charge in [-0.25, -0.2) is 4.98 Å². The molecule has 5 heterocycles. The molecule has 0 radical (unpaired) electrons. The smallest absolute Gasteiger partial charge is 0.312 e. The van der Waals surface area contributed by atoms with Gasteiger partial charge in [-0.15, -0.1) is 48.1 Å². The molecule has 0 amide bonds. The van der Waals surface area contributed by atoms with E-state index in [4.69, 9.17) is 9.72 Å². The summed E-state index contributed by atoms with van der Waals surface area (Å²) < 4.78 is 8.82. The van der Waals surface area contributed by atoms with Crippen molar-refractivity contribution in [3.05, 3.63) is 169 Å². The van der Waals surface area contributed by atoms with Gasteiger partial charge < -0.3 is 23.9 Å². The van der Waals surface area contributed by atoms with E-state index >= 15 is 0 Å². The largest absolute Gasteiger partial charge is 0.509 e. The second kappa shape index (κ2) is 14.5. The van der Waals surface area contributed by atoms with Crippen LogP contribution in [0.2, 0.25) is 0 Å². The van der Waals surface area contributed by atoms with Crippen molar-refractivity contribution in [3.63, 3.8) is 0 Å². The van der Waals surface area contributed by atoms with Crippen molar-refractivity contribution in [2.24, 2.45) is 10.8 Å². The molecule has 0 bridgehead atoms. The molecule has 6 aromatic rings. The number of pyridine rings is 1. The summed E-state index contributed by atoms with van der Waals surface area (Å²) >= 11 is 0. The Morgan fingerprint density at radius 3 is 2.16 bits per heavy atom. The molecule has 0 spiro atoms. The molecule has 0 saturated heterocycles. The van der Waals surface area contributed by atoms with E-state index in [1.165, 1.54) is 22.5 Å². The molecule has 0 unspecified atom stereocenters. The van der Waals surface area contributed by atoms with Crippen molar-refractivity contribution in [3.8, 4) is 17.3 Å².